The minimum Gasteiger partial charge on any atom is -0.368 e. The smallest absolute Gasteiger partial charge is 0.0409 e. The largest absolute Gasteiger partial charge is 0.368 e. The summed E-state index contributed by atoms with van der Waals surface area (Å²) in [5.74, 6) is 0.778. The summed E-state index contributed by atoms with van der Waals surface area (Å²) in [6.07, 6.45) is 6.83. The molecule has 0 amide bonds. The summed E-state index contributed by atoms with van der Waals surface area (Å²) in [5.41, 5.74) is 2.88. The molecule has 0 aromatic heterocycles. The van der Waals surface area contributed by atoms with Crippen molar-refractivity contribution >= 4 is 21.6 Å². The second kappa shape index (κ2) is 7.33. The van der Waals surface area contributed by atoms with Crippen molar-refractivity contribution in [3.8, 4) is 0 Å². The van der Waals surface area contributed by atoms with E-state index in [1.807, 2.05) is 0 Å². The van der Waals surface area contributed by atoms with Crippen molar-refractivity contribution < 1.29 is 0 Å². The first-order valence-electron chi connectivity index (χ1n) is 7.63. The number of alkyl halides is 1. The molecule has 0 aliphatic heterocycles. The van der Waals surface area contributed by atoms with E-state index in [2.05, 4.69) is 58.9 Å². The molecule has 106 valence electrons. The summed E-state index contributed by atoms with van der Waals surface area (Å²) in [5, 5.41) is 0.952. The van der Waals surface area contributed by atoms with Gasteiger partial charge in [-0.15, -0.1) is 0 Å². The van der Waals surface area contributed by atoms with E-state index >= 15 is 0 Å². The lowest BCUT2D eigenvalue weighted by Gasteiger charge is -2.33. The summed E-state index contributed by atoms with van der Waals surface area (Å²) in [4.78, 5) is 2.68. The average molecular weight is 324 g/mol. The van der Waals surface area contributed by atoms with Crippen LogP contribution in [0.1, 0.15) is 51.5 Å². The first-order chi connectivity index (χ1) is 9.22. The van der Waals surface area contributed by atoms with E-state index < -0.39 is 0 Å². The second-order valence-corrected chi connectivity index (χ2v) is 6.64. The Balaban J connectivity index is 2.19. The molecule has 1 fully saturated rings. The van der Waals surface area contributed by atoms with E-state index in [1.165, 1.54) is 49.9 Å². The SMILES string of the molecule is CC(C)CCN(c1ccccc1CBr)C1CCCC1. The highest BCUT2D eigenvalue weighted by molar-refractivity contribution is 9.08. The predicted octanol–water partition coefficient (Wildman–Crippen LogP) is 5.38. The van der Waals surface area contributed by atoms with Crippen LogP contribution in [-0.4, -0.2) is 12.6 Å². The number of benzene rings is 1. The summed E-state index contributed by atoms with van der Waals surface area (Å²) in [6, 6.07) is 9.64. The van der Waals surface area contributed by atoms with Crippen LogP contribution in [0.15, 0.2) is 24.3 Å². The lowest BCUT2D eigenvalue weighted by atomic mass is 10.1. The summed E-state index contributed by atoms with van der Waals surface area (Å²) in [7, 11) is 0. The molecule has 0 radical (unpaired) electrons. The lowest BCUT2D eigenvalue weighted by Crippen LogP contribution is -2.35. The topological polar surface area (TPSA) is 3.24 Å². The highest BCUT2D eigenvalue weighted by Gasteiger charge is 2.24. The van der Waals surface area contributed by atoms with Crippen molar-refractivity contribution in [1.29, 1.82) is 0 Å². The summed E-state index contributed by atoms with van der Waals surface area (Å²) in [6.45, 7) is 5.85. The second-order valence-electron chi connectivity index (χ2n) is 6.08. The van der Waals surface area contributed by atoms with Gasteiger partial charge in [-0.05, 0) is 36.8 Å². The zero-order valence-corrected chi connectivity index (χ0v) is 13.8. The van der Waals surface area contributed by atoms with Crippen molar-refractivity contribution in [3.05, 3.63) is 29.8 Å². The first-order valence-corrected chi connectivity index (χ1v) is 8.75. The van der Waals surface area contributed by atoms with Crippen LogP contribution in [0.2, 0.25) is 0 Å². The minimum atomic E-state index is 0.763. The van der Waals surface area contributed by atoms with Gasteiger partial charge in [0.05, 0.1) is 0 Å². The molecule has 0 bridgehead atoms. The Morgan fingerprint density at radius 2 is 1.89 bits per heavy atom. The zero-order valence-electron chi connectivity index (χ0n) is 12.2. The van der Waals surface area contributed by atoms with E-state index in [-0.39, 0.29) is 0 Å². The van der Waals surface area contributed by atoms with Crippen molar-refractivity contribution in [1.82, 2.24) is 0 Å². The average Bonchev–Trinajstić information content (AvgIpc) is 2.93. The fourth-order valence-electron chi connectivity index (χ4n) is 3.02. The number of rotatable bonds is 6. The molecule has 2 heteroatoms. The number of hydrogen-bond acceptors (Lipinski definition) is 1. The summed E-state index contributed by atoms with van der Waals surface area (Å²) >= 11 is 3.64. The molecule has 1 saturated carbocycles. The van der Waals surface area contributed by atoms with Gasteiger partial charge in [0.1, 0.15) is 0 Å². The number of nitrogens with zero attached hydrogens (tertiary/aromatic N) is 1. The molecule has 0 atom stereocenters. The van der Waals surface area contributed by atoms with Crippen LogP contribution in [0.3, 0.4) is 0 Å². The maximum atomic E-state index is 3.64. The van der Waals surface area contributed by atoms with Gasteiger partial charge >= 0.3 is 0 Å². The van der Waals surface area contributed by atoms with Gasteiger partial charge in [-0.1, -0.05) is 60.8 Å². The van der Waals surface area contributed by atoms with Gasteiger partial charge in [0, 0.05) is 23.6 Å². The van der Waals surface area contributed by atoms with Crippen LogP contribution in [0, 0.1) is 5.92 Å². The molecule has 1 nitrogen and oxygen atoms in total. The Labute approximate surface area is 126 Å². The molecule has 19 heavy (non-hydrogen) atoms. The maximum absolute atomic E-state index is 3.64. The minimum absolute atomic E-state index is 0.763. The van der Waals surface area contributed by atoms with Gasteiger partial charge in [0.25, 0.3) is 0 Å². The Bertz CT molecular complexity index is 383. The number of hydrogen-bond donors (Lipinski definition) is 0. The van der Waals surface area contributed by atoms with Crippen LogP contribution >= 0.6 is 15.9 Å². The van der Waals surface area contributed by atoms with Crippen molar-refractivity contribution in [2.45, 2.75) is 57.3 Å². The molecule has 1 aromatic rings. The maximum Gasteiger partial charge on any atom is 0.0409 e. The van der Waals surface area contributed by atoms with Gasteiger partial charge < -0.3 is 4.90 Å². The van der Waals surface area contributed by atoms with Gasteiger partial charge in [0.15, 0.2) is 0 Å². The molecule has 1 aliphatic carbocycles. The molecule has 0 saturated heterocycles. The molecule has 0 spiro atoms. The third-order valence-electron chi connectivity index (χ3n) is 4.16. The Hall–Kier alpha value is -0.500. The molecular weight excluding hydrogens is 298 g/mol. The predicted molar refractivity (Wildman–Crippen MR) is 88.1 cm³/mol. The molecule has 2 rings (SSSR count). The number of halogens is 1. The number of para-hydroxylation sites is 1. The molecule has 0 heterocycles. The standard InChI is InChI=1S/C17H26BrN/c1-14(2)11-12-19(16-8-4-5-9-16)17-10-6-3-7-15(17)13-18/h3,6-7,10,14,16H,4-5,8-9,11-13H2,1-2H3. The summed E-state index contributed by atoms with van der Waals surface area (Å²) < 4.78 is 0. The molecule has 0 unspecified atom stereocenters. The van der Waals surface area contributed by atoms with Crippen molar-refractivity contribution in [2.75, 3.05) is 11.4 Å². The number of anilines is 1. The third-order valence-corrected chi connectivity index (χ3v) is 4.76. The van der Waals surface area contributed by atoms with Crippen LogP contribution < -0.4 is 4.90 Å². The Morgan fingerprint density at radius 1 is 1.21 bits per heavy atom. The van der Waals surface area contributed by atoms with E-state index in [9.17, 15) is 0 Å². The van der Waals surface area contributed by atoms with E-state index in [0.717, 1.165) is 17.3 Å². The fourth-order valence-corrected chi connectivity index (χ4v) is 3.49. The zero-order chi connectivity index (χ0) is 13.7. The van der Waals surface area contributed by atoms with Crippen LogP contribution in [0.5, 0.6) is 0 Å². The van der Waals surface area contributed by atoms with E-state index in [1.54, 1.807) is 0 Å². The molecule has 1 aliphatic rings. The normalized spacial score (nSPS) is 16.2. The van der Waals surface area contributed by atoms with Gasteiger partial charge in [-0.3, -0.25) is 0 Å². The molecule has 0 N–H and O–H groups in total. The molecular formula is C17H26BrN. The highest BCUT2D eigenvalue weighted by atomic mass is 79.9. The van der Waals surface area contributed by atoms with E-state index in [0.29, 0.717) is 0 Å². The van der Waals surface area contributed by atoms with Crippen LogP contribution in [0.4, 0.5) is 5.69 Å². The fraction of sp³-hybridized carbons (Fsp3) is 0.647. The van der Waals surface area contributed by atoms with Gasteiger partial charge in [0.2, 0.25) is 0 Å². The van der Waals surface area contributed by atoms with Gasteiger partial charge in [-0.25, -0.2) is 0 Å². The Morgan fingerprint density at radius 3 is 2.53 bits per heavy atom. The Kier molecular flexibility index (Phi) is 5.75. The third kappa shape index (κ3) is 3.98. The van der Waals surface area contributed by atoms with Crippen LogP contribution in [0.25, 0.3) is 0 Å². The van der Waals surface area contributed by atoms with Crippen molar-refractivity contribution in [2.24, 2.45) is 5.92 Å². The monoisotopic (exact) mass is 323 g/mol. The van der Waals surface area contributed by atoms with Crippen LogP contribution in [-0.2, 0) is 5.33 Å². The highest BCUT2D eigenvalue weighted by Crippen LogP contribution is 2.31. The van der Waals surface area contributed by atoms with Crippen molar-refractivity contribution in [3.63, 3.8) is 0 Å². The molecule has 1 aromatic carbocycles. The van der Waals surface area contributed by atoms with Gasteiger partial charge in [-0.2, -0.15) is 0 Å². The van der Waals surface area contributed by atoms with E-state index in [4.69, 9.17) is 0 Å². The quantitative estimate of drug-likeness (QED) is 0.635. The first kappa shape index (κ1) is 14.9. The lowest BCUT2D eigenvalue weighted by molar-refractivity contribution is 0.528.